The van der Waals surface area contributed by atoms with Crippen LogP contribution < -0.4 is 10.6 Å². The molecule has 0 radical (unpaired) electrons. The highest BCUT2D eigenvalue weighted by molar-refractivity contribution is 7.61. The van der Waals surface area contributed by atoms with Crippen LogP contribution in [0.4, 0.5) is 0 Å². The van der Waals surface area contributed by atoms with Crippen molar-refractivity contribution in [1.82, 2.24) is 0 Å². The van der Waals surface area contributed by atoms with Crippen molar-refractivity contribution in [2.75, 3.05) is 0 Å². The summed E-state index contributed by atoms with van der Waals surface area (Å²) in [6.07, 6.45) is -1.08. The van der Waals surface area contributed by atoms with Crippen LogP contribution in [0.5, 0.6) is 0 Å². The summed E-state index contributed by atoms with van der Waals surface area (Å²) in [5.74, 6) is -0.271. The van der Waals surface area contributed by atoms with Gasteiger partial charge in [0, 0.05) is 16.2 Å². The lowest BCUT2D eigenvalue weighted by Crippen LogP contribution is -2.11. The summed E-state index contributed by atoms with van der Waals surface area (Å²) in [6, 6.07) is 36.9. The molecule has 0 aliphatic carbocycles. The molecule has 30 heavy (non-hydrogen) atoms. The Morgan fingerprint density at radius 2 is 0.967 bits per heavy atom. The first-order chi connectivity index (χ1) is 14.7. The molecule has 150 valence electrons. The summed E-state index contributed by atoms with van der Waals surface area (Å²) in [6.45, 7) is 0. The van der Waals surface area contributed by atoms with Gasteiger partial charge in [0.2, 0.25) is 0 Å². The third-order valence-corrected chi connectivity index (χ3v) is 6.21. The van der Waals surface area contributed by atoms with Gasteiger partial charge in [-0.05, 0) is 5.56 Å². The van der Waals surface area contributed by atoms with Gasteiger partial charge in [0.1, 0.15) is 13.9 Å². The monoisotopic (exact) mass is 414 g/mol. The number of ketones is 1. The van der Waals surface area contributed by atoms with E-state index in [9.17, 15) is 14.5 Å². The molecule has 4 aromatic carbocycles. The Hall–Kier alpha value is -3.26. The van der Waals surface area contributed by atoms with Gasteiger partial charge in [0.15, 0.2) is 5.78 Å². The number of aliphatic hydroxyl groups is 1. The van der Waals surface area contributed by atoms with Gasteiger partial charge in [-0.1, -0.05) is 121 Å². The van der Waals surface area contributed by atoms with E-state index in [1.807, 2.05) is 72.8 Å². The number of hydrogen-bond acceptors (Lipinski definition) is 3. The van der Waals surface area contributed by atoms with Gasteiger partial charge >= 0.3 is 0 Å². The first-order valence-corrected chi connectivity index (χ1v) is 11.0. The minimum atomic E-state index is -1.79. The molecule has 1 N–H and O–H groups in total. The van der Waals surface area contributed by atoms with Crippen molar-refractivity contribution in [2.24, 2.45) is 0 Å². The van der Waals surface area contributed by atoms with Crippen LogP contribution in [0.1, 0.15) is 22.0 Å². The molecule has 0 fully saturated rings. The fraction of sp³-hybridized carbons (Fsp3) is 0.0385. The lowest BCUT2D eigenvalue weighted by atomic mass is 10.0. The molecule has 4 heteroatoms. The summed E-state index contributed by atoms with van der Waals surface area (Å²) >= 11 is 0. The fourth-order valence-corrected chi connectivity index (χ4v) is 4.22. The van der Waals surface area contributed by atoms with Crippen LogP contribution >= 0.6 is 7.80 Å². The van der Waals surface area contributed by atoms with Crippen LogP contribution in [0.15, 0.2) is 121 Å². The Bertz CT molecular complexity index is 1020. The van der Waals surface area contributed by atoms with E-state index < -0.39 is 13.9 Å². The predicted octanol–water partition coefficient (Wildman–Crippen LogP) is 4.80. The van der Waals surface area contributed by atoms with Crippen molar-refractivity contribution >= 4 is 24.2 Å². The van der Waals surface area contributed by atoms with Gasteiger partial charge in [-0.15, -0.1) is 0 Å². The Labute approximate surface area is 177 Å². The van der Waals surface area contributed by atoms with Gasteiger partial charge in [-0.25, -0.2) is 0 Å². The smallest absolute Gasteiger partial charge is 0.195 e. The van der Waals surface area contributed by atoms with Crippen LogP contribution in [0.25, 0.3) is 0 Å². The minimum absolute atomic E-state index is 0.271. The van der Waals surface area contributed by atoms with Crippen LogP contribution in [0.2, 0.25) is 0 Å². The summed E-state index contributed by atoms with van der Waals surface area (Å²) < 4.78 is 12.0. The highest BCUT2D eigenvalue weighted by atomic mass is 31.1. The SMILES string of the molecule is O=C(c1ccccc1)C(O)c1ccccc1.O=[PH](c1ccccc1)c1ccccc1. The molecule has 0 spiro atoms. The van der Waals surface area contributed by atoms with E-state index in [0.29, 0.717) is 11.1 Å². The van der Waals surface area contributed by atoms with Crippen molar-refractivity contribution < 1.29 is 14.5 Å². The molecule has 0 saturated carbocycles. The van der Waals surface area contributed by atoms with Gasteiger partial charge in [0.05, 0.1) is 0 Å². The van der Waals surface area contributed by atoms with Crippen molar-refractivity contribution in [3.05, 3.63) is 132 Å². The van der Waals surface area contributed by atoms with E-state index >= 15 is 0 Å². The van der Waals surface area contributed by atoms with E-state index in [1.165, 1.54) is 0 Å². The topological polar surface area (TPSA) is 54.4 Å². The number of benzene rings is 4. The average molecular weight is 414 g/mol. The molecule has 0 heterocycles. The number of Topliss-reactive ketones (excluding diaryl/α,β-unsaturated/α-hetero) is 1. The Kier molecular flexibility index (Phi) is 7.91. The van der Waals surface area contributed by atoms with E-state index in [4.69, 9.17) is 0 Å². The first-order valence-electron chi connectivity index (χ1n) is 9.64. The zero-order valence-corrected chi connectivity index (χ0v) is 17.4. The van der Waals surface area contributed by atoms with Gasteiger partial charge in [-0.3, -0.25) is 4.79 Å². The third kappa shape index (κ3) is 5.87. The van der Waals surface area contributed by atoms with Crippen LogP contribution in [0.3, 0.4) is 0 Å². The second kappa shape index (κ2) is 11.1. The standard InChI is InChI=1S/C14H12O2.C12H11OP/c15-13(11-7-3-1-4-8-11)14(16)12-9-5-2-6-10-12;13-14(11-7-3-1-4-8-11)12-9-5-2-6-10-12/h1-10,13,15H;1-10,14H. The average Bonchev–Trinajstić information content (AvgIpc) is 2.85. The number of hydrogen-bond donors (Lipinski definition) is 1. The maximum Gasteiger partial charge on any atom is 0.195 e. The van der Waals surface area contributed by atoms with Crippen molar-refractivity contribution in [2.45, 2.75) is 6.10 Å². The zero-order chi connectivity index (χ0) is 21.2. The van der Waals surface area contributed by atoms with Crippen molar-refractivity contribution in [3.8, 4) is 0 Å². The molecule has 3 nitrogen and oxygen atoms in total. The number of rotatable bonds is 5. The zero-order valence-electron chi connectivity index (χ0n) is 16.4. The first kappa shape index (κ1) is 21.4. The molecule has 0 saturated heterocycles. The highest BCUT2D eigenvalue weighted by Gasteiger charge is 2.18. The molecule has 4 aromatic rings. The molecule has 1 atom stereocenters. The summed E-state index contributed by atoms with van der Waals surface area (Å²) in [5.41, 5.74) is 1.15. The van der Waals surface area contributed by atoms with E-state index in [0.717, 1.165) is 10.6 Å². The molecular formula is C26H23O3P. The summed E-state index contributed by atoms with van der Waals surface area (Å²) in [4.78, 5) is 11.9. The Morgan fingerprint density at radius 1 is 0.600 bits per heavy atom. The van der Waals surface area contributed by atoms with Crippen LogP contribution in [-0.4, -0.2) is 10.9 Å². The quantitative estimate of drug-likeness (QED) is 0.377. The van der Waals surface area contributed by atoms with Crippen LogP contribution in [-0.2, 0) is 4.57 Å². The van der Waals surface area contributed by atoms with Gasteiger partial charge < -0.3 is 9.67 Å². The predicted molar refractivity (Wildman–Crippen MR) is 123 cm³/mol. The number of aliphatic hydroxyl groups excluding tert-OH is 1. The second-order valence-electron chi connectivity index (χ2n) is 6.60. The fourth-order valence-electron chi connectivity index (χ4n) is 2.89. The third-order valence-electron chi connectivity index (χ3n) is 4.49. The maximum atomic E-state index is 12.0. The maximum absolute atomic E-state index is 12.0. The molecule has 4 rings (SSSR count). The number of carbonyl (C=O) groups excluding carboxylic acids is 1. The molecule has 0 aliphatic heterocycles. The normalized spacial score (nSPS) is 11.3. The minimum Gasteiger partial charge on any atom is -0.380 e. The molecular weight excluding hydrogens is 391 g/mol. The van der Waals surface area contributed by atoms with Crippen molar-refractivity contribution in [3.63, 3.8) is 0 Å². The van der Waals surface area contributed by atoms with Crippen LogP contribution in [0, 0.1) is 0 Å². The number of carbonyl (C=O) groups is 1. The van der Waals surface area contributed by atoms with E-state index in [2.05, 4.69) is 0 Å². The van der Waals surface area contributed by atoms with Gasteiger partial charge in [0.25, 0.3) is 0 Å². The largest absolute Gasteiger partial charge is 0.380 e. The summed E-state index contributed by atoms with van der Waals surface area (Å²) in [7, 11) is -1.79. The van der Waals surface area contributed by atoms with Crippen molar-refractivity contribution in [1.29, 1.82) is 0 Å². The van der Waals surface area contributed by atoms with E-state index in [1.54, 1.807) is 48.5 Å². The Morgan fingerprint density at radius 3 is 1.40 bits per heavy atom. The van der Waals surface area contributed by atoms with Gasteiger partial charge in [-0.2, -0.15) is 0 Å². The highest BCUT2D eigenvalue weighted by Crippen LogP contribution is 2.18. The molecule has 0 bridgehead atoms. The van der Waals surface area contributed by atoms with E-state index in [-0.39, 0.29) is 5.78 Å². The second-order valence-corrected chi connectivity index (χ2v) is 8.42. The Balaban J connectivity index is 0.000000172. The molecule has 0 aliphatic rings. The lowest BCUT2D eigenvalue weighted by Gasteiger charge is -2.09. The molecule has 0 aromatic heterocycles. The molecule has 0 amide bonds. The lowest BCUT2D eigenvalue weighted by molar-refractivity contribution is 0.0747. The molecule has 1 unspecified atom stereocenters. The summed E-state index contributed by atoms with van der Waals surface area (Å²) in [5, 5.41) is 11.7.